The van der Waals surface area contributed by atoms with Gasteiger partial charge in [-0.3, -0.25) is 0 Å². The van der Waals surface area contributed by atoms with Crippen LogP contribution in [0.2, 0.25) is 0 Å². The van der Waals surface area contributed by atoms with Gasteiger partial charge in [-0.1, -0.05) is 6.92 Å². The van der Waals surface area contributed by atoms with Crippen molar-refractivity contribution in [3.05, 3.63) is 0 Å². The second-order valence-corrected chi connectivity index (χ2v) is 7.04. The maximum atomic E-state index is 9.36. The SMILES string of the molecule is CC1(CO)COC2(CCC3(CC2)OCC(CO)CO3)OC1. The van der Waals surface area contributed by atoms with E-state index in [2.05, 4.69) is 0 Å². The maximum absolute atomic E-state index is 9.36. The quantitative estimate of drug-likeness (QED) is 0.780. The summed E-state index contributed by atoms with van der Waals surface area (Å²) in [5.41, 5.74) is -0.299. The first-order chi connectivity index (χ1) is 10.0. The summed E-state index contributed by atoms with van der Waals surface area (Å²) in [6.07, 6.45) is 2.94. The summed E-state index contributed by atoms with van der Waals surface area (Å²) < 4.78 is 23.7. The van der Waals surface area contributed by atoms with Crippen LogP contribution in [0.15, 0.2) is 0 Å². The topological polar surface area (TPSA) is 77.4 Å². The molecule has 3 aliphatic rings. The summed E-state index contributed by atoms with van der Waals surface area (Å²) >= 11 is 0. The molecule has 0 aromatic rings. The molecule has 122 valence electrons. The van der Waals surface area contributed by atoms with Gasteiger partial charge in [0.05, 0.1) is 39.6 Å². The van der Waals surface area contributed by atoms with Gasteiger partial charge in [0.25, 0.3) is 0 Å². The summed E-state index contributed by atoms with van der Waals surface area (Å²) in [5, 5.41) is 18.5. The molecule has 2 saturated heterocycles. The summed E-state index contributed by atoms with van der Waals surface area (Å²) in [6, 6.07) is 0. The highest BCUT2D eigenvalue weighted by Crippen LogP contribution is 2.45. The fourth-order valence-corrected chi connectivity index (χ4v) is 3.11. The van der Waals surface area contributed by atoms with Gasteiger partial charge in [0.1, 0.15) is 0 Å². The van der Waals surface area contributed by atoms with Crippen LogP contribution in [-0.4, -0.2) is 61.4 Å². The number of aliphatic hydroxyl groups is 2. The van der Waals surface area contributed by atoms with E-state index < -0.39 is 11.6 Å². The third-order valence-corrected chi connectivity index (χ3v) is 4.95. The molecule has 3 fully saturated rings. The van der Waals surface area contributed by atoms with E-state index in [0.717, 1.165) is 25.7 Å². The Hall–Kier alpha value is -0.240. The Morgan fingerprint density at radius 1 is 0.857 bits per heavy atom. The molecule has 21 heavy (non-hydrogen) atoms. The first kappa shape index (κ1) is 15.6. The molecule has 0 unspecified atom stereocenters. The van der Waals surface area contributed by atoms with Crippen LogP contribution in [0, 0.1) is 11.3 Å². The fourth-order valence-electron chi connectivity index (χ4n) is 3.11. The molecule has 2 N–H and O–H groups in total. The molecule has 0 aromatic carbocycles. The standard InChI is InChI=1S/C15H26O6/c1-13(9-17)10-20-15(21-11-13)4-2-14(3-5-15)18-7-12(6-16)8-19-14/h12,16-17H,2-11H2,1H3. The lowest BCUT2D eigenvalue weighted by atomic mass is 9.85. The second-order valence-electron chi connectivity index (χ2n) is 7.04. The maximum Gasteiger partial charge on any atom is 0.168 e. The van der Waals surface area contributed by atoms with E-state index in [1.807, 2.05) is 6.92 Å². The van der Waals surface area contributed by atoms with Gasteiger partial charge < -0.3 is 29.2 Å². The normalized spacial score (nSPS) is 47.9. The Morgan fingerprint density at radius 3 is 1.76 bits per heavy atom. The highest BCUT2D eigenvalue weighted by molar-refractivity contribution is 4.91. The van der Waals surface area contributed by atoms with E-state index in [9.17, 15) is 5.11 Å². The number of ether oxygens (including phenoxy) is 4. The van der Waals surface area contributed by atoms with Crippen LogP contribution in [-0.2, 0) is 18.9 Å². The summed E-state index contributed by atoms with van der Waals surface area (Å²) in [6.45, 7) is 4.28. The number of hydrogen-bond acceptors (Lipinski definition) is 6. The van der Waals surface area contributed by atoms with Gasteiger partial charge in [-0.15, -0.1) is 0 Å². The Labute approximate surface area is 125 Å². The lowest BCUT2D eigenvalue weighted by molar-refractivity contribution is -0.361. The van der Waals surface area contributed by atoms with Crippen molar-refractivity contribution in [1.29, 1.82) is 0 Å². The van der Waals surface area contributed by atoms with Crippen molar-refractivity contribution in [3.8, 4) is 0 Å². The monoisotopic (exact) mass is 302 g/mol. The van der Waals surface area contributed by atoms with E-state index in [4.69, 9.17) is 24.1 Å². The van der Waals surface area contributed by atoms with Crippen molar-refractivity contribution in [2.75, 3.05) is 39.6 Å². The molecular weight excluding hydrogens is 276 g/mol. The zero-order valence-electron chi connectivity index (χ0n) is 12.7. The van der Waals surface area contributed by atoms with Crippen LogP contribution >= 0.6 is 0 Å². The van der Waals surface area contributed by atoms with Crippen molar-refractivity contribution in [1.82, 2.24) is 0 Å². The van der Waals surface area contributed by atoms with Crippen molar-refractivity contribution in [3.63, 3.8) is 0 Å². The van der Waals surface area contributed by atoms with Gasteiger partial charge in [0, 0.05) is 37.0 Å². The summed E-state index contributed by atoms with van der Waals surface area (Å²) in [5.74, 6) is -0.985. The average molecular weight is 302 g/mol. The van der Waals surface area contributed by atoms with Crippen LogP contribution in [0.3, 0.4) is 0 Å². The van der Waals surface area contributed by atoms with Crippen LogP contribution in [0.4, 0.5) is 0 Å². The Kier molecular flexibility index (Phi) is 4.29. The molecule has 2 heterocycles. The van der Waals surface area contributed by atoms with E-state index in [0.29, 0.717) is 26.4 Å². The zero-order valence-corrected chi connectivity index (χ0v) is 12.7. The minimum atomic E-state index is -0.541. The lowest BCUT2D eigenvalue weighted by Gasteiger charge is -2.51. The number of aliphatic hydroxyl groups excluding tert-OH is 2. The van der Waals surface area contributed by atoms with E-state index in [1.165, 1.54) is 0 Å². The molecule has 0 amide bonds. The van der Waals surface area contributed by atoms with Crippen LogP contribution in [0.25, 0.3) is 0 Å². The Morgan fingerprint density at radius 2 is 1.33 bits per heavy atom. The molecule has 1 aliphatic carbocycles. The lowest BCUT2D eigenvalue weighted by Crippen LogP contribution is -2.56. The van der Waals surface area contributed by atoms with Gasteiger partial charge in [-0.05, 0) is 0 Å². The van der Waals surface area contributed by atoms with Crippen molar-refractivity contribution < 1.29 is 29.2 Å². The highest BCUT2D eigenvalue weighted by atomic mass is 16.7. The van der Waals surface area contributed by atoms with E-state index in [-0.39, 0.29) is 24.5 Å². The van der Waals surface area contributed by atoms with Gasteiger partial charge in [-0.2, -0.15) is 0 Å². The minimum absolute atomic E-state index is 0.0712. The highest BCUT2D eigenvalue weighted by Gasteiger charge is 2.50. The molecule has 6 nitrogen and oxygen atoms in total. The molecule has 0 bridgehead atoms. The predicted molar refractivity (Wildman–Crippen MR) is 73.5 cm³/mol. The van der Waals surface area contributed by atoms with Crippen LogP contribution < -0.4 is 0 Å². The van der Waals surface area contributed by atoms with E-state index >= 15 is 0 Å². The minimum Gasteiger partial charge on any atom is -0.396 e. The fraction of sp³-hybridized carbons (Fsp3) is 1.00. The largest absolute Gasteiger partial charge is 0.396 e. The Balaban J connectivity index is 1.54. The molecule has 2 spiro atoms. The summed E-state index contributed by atoms with van der Waals surface area (Å²) in [7, 11) is 0. The zero-order chi connectivity index (χ0) is 15.0. The third-order valence-electron chi connectivity index (χ3n) is 4.95. The van der Waals surface area contributed by atoms with Gasteiger partial charge in [0.15, 0.2) is 11.6 Å². The first-order valence-electron chi connectivity index (χ1n) is 7.80. The van der Waals surface area contributed by atoms with Crippen LogP contribution in [0.1, 0.15) is 32.6 Å². The first-order valence-corrected chi connectivity index (χ1v) is 7.80. The van der Waals surface area contributed by atoms with Crippen molar-refractivity contribution >= 4 is 0 Å². The van der Waals surface area contributed by atoms with Crippen molar-refractivity contribution in [2.24, 2.45) is 11.3 Å². The third kappa shape index (κ3) is 3.11. The van der Waals surface area contributed by atoms with E-state index in [1.54, 1.807) is 0 Å². The van der Waals surface area contributed by atoms with Gasteiger partial charge in [0.2, 0.25) is 0 Å². The molecule has 2 aliphatic heterocycles. The summed E-state index contributed by atoms with van der Waals surface area (Å²) in [4.78, 5) is 0. The second kappa shape index (κ2) is 5.76. The molecule has 3 rings (SSSR count). The smallest absolute Gasteiger partial charge is 0.168 e. The van der Waals surface area contributed by atoms with Crippen LogP contribution in [0.5, 0.6) is 0 Å². The number of rotatable bonds is 2. The molecule has 1 saturated carbocycles. The van der Waals surface area contributed by atoms with Crippen molar-refractivity contribution in [2.45, 2.75) is 44.2 Å². The molecule has 0 radical (unpaired) electrons. The van der Waals surface area contributed by atoms with Gasteiger partial charge >= 0.3 is 0 Å². The molecule has 6 heteroatoms. The molecule has 0 atom stereocenters. The van der Waals surface area contributed by atoms with Gasteiger partial charge in [-0.25, -0.2) is 0 Å². The predicted octanol–water partition coefficient (Wildman–Crippen LogP) is 0.654. The molecule has 0 aromatic heterocycles. The number of hydrogen-bond donors (Lipinski definition) is 2. The Bertz CT molecular complexity index is 343. The molecular formula is C15H26O6. The average Bonchev–Trinajstić information content (AvgIpc) is 2.54.